The van der Waals surface area contributed by atoms with Gasteiger partial charge in [-0.3, -0.25) is 14.6 Å². The second-order valence-electron chi connectivity index (χ2n) is 6.76. The maximum absolute atomic E-state index is 12.9. The smallest absolute Gasteiger partial charge is 0.326 e. The van der Waals surface area contributed by atoms with Gasteiger partial charge in [-0.25, -0.2) is 4.79 Å². The molecule has 2 amide bonds. The molecular weight excluding hydrogens is 346 g/mol. The minimum absolute atomic E-state index is 0.264. The number of pyridine rings is 1. The van der Waals surface area contributed by atoms with Crippen LogP contribution >= 0.6 is 0 Å². The predicted octanol–water partition coefficient (Wildman–Crippen LogP) is 2.66. The molecule has 0 spiro atoms. The highest BCUT2D eigenvalue weighted by Crippen LogP contribution is 2.25. The molecule has 0 bridgehead atoms. The topological polar surface area (TPSA) is 99.6 Å². The van der Waals surface area contributed by atoms with Crippen LogP contribution in [0.15, 0.2) is 48.8 Å². The number of piperidine rings is 1. The summed E-state index contributed by atoms with van der Waals surface area (Å²) in [6.45, 7) is 2.40. The Hall–Kier alpha value is -3.22. The van der Waals surface area contributed by atoms with E-state index in [1.807, 2.05) is 6.92 Å². The average Bonchev–Trinajstić information content (AvgIpc) is 2.68. The third-order valence-corrected chi connectivity index (χ3v) is 4.70. The van der Waals surface area contributed by atoms with Crippen LogP contribution in [0.4, 0.5) is 5.69 Å². The second kappa shape index (κ2) is 7.99. The van der Waals surface area contributed by atoms with Crippen LogP contribution in [-0.4, -0.2) is 45.4 Å². The van der Waals surface area contributed by atoms with Crippen molar-refractivity contribution in [2.45, 2.75) is 25.8 Å². The van der Waals surface area contributed by atoms with Crippen molar-refractivity contribution < 1.29 is 19.5 Å². The Morgan fingerprint density at radius 3 is 2.67 bits per heavy atom. The van der Waals surface area contributed by atoms with E-state index >= 15 is 0 Å². The van der Waals surface area contributed by atoms with Crippen molar-refractivity contribution in [1.82, 2.24) is 9.88 Å². The lowest BCUT2D eigenvalue weighted by molar-refractivity contribution is -0.144. The standard InChI is InChI=1S/C20H21N3O4/c1-13-7-9-23(17(10-13)20(26)27)19(25)14-4-2-6-16(11-14)22-18(24)15-5-3-8-21-12-15/h2-6,8,11-13,17H,7,9-10H2,1H3,(H,22,24)(H,26,27). The summed E-state index contributed by atoms with van der Waals surface area (Å²) in [5.74, 6) is -1.40. The highest BCUT2D eigenvalue weighted by molar-refractivity contribution is 6.05. The number of anilines is 1. The van der Waals surface area contributed by atoms with Crippen molar-refractivity contribution >= 4 is 23.5 Å². The van der Waals surface area contributed by atoms with E-state index in [1.54, 1.807) is 42.6 Å². The average molecular weight is 367 g/mol. The van der Waals surface area contributed by atoms with Gasteiger partial charge in [0.25, 0.3) is 11.8 Å². The number of benzene rings is 1. The van der Waals surface area contributed by atoms with Gasteiger partial charge in [-0.2, -0.15) is 0 Å². The molecule has 2 unspecified atom stereocenters. The number of carboxylic acid groups (broad SMARTS) is 1. The van der Waals surface area contributed by atoms with Gasteiger partial charge in [-0.1, -0.05) is 13.0 Å². The monoisotopic (exact) mass is 367 g/mol. The number of nitrogens with one attached hydrogen (secondary N) is 1. The van der Waals surface area contributed by atoms with E-state index in [0.717, 1.165) is 6.42 Å². The number of aromatic nitrogens is 1. The predicted molar refractivity (Wildman–Crippen MR) is 99.5 cm³/mol. The molecule has 2 N–H and O–H groups in total. The van der Waals surface area contributed by atoms with Crippen LogP contribution in [0.3, 0.4) is 0 Å². The first-order chi connectivity index (χ1) is 13.0. The first-order valence-corrected chi connectivity index (χ1v) is 8.81. The molecule has 2 atom stereocenters. The minimum Gasteiger partial charge on any atom is -0.480 e. The molecule has 2 aromatic rings. The zero-order valence-electron chi connectivity index (χ0n) is 15.0. The first-order valence-electron chi connectivity index (χ1n) is 8.81. The fourth-order valence-electron chi connectivity index (χ4n) is 3.21. The Morgan fingerprint density at radius 1 is 1.19 bits per heavy atom. The molecule has 1 saturated heterocycles. The Bertz CT molecular complexity index is 853. The number of rotatable bonds is 4. The number of nitrogens with zero attached hydrogens (tertiary/aromatic N) is 2. The third kappa shape index (κ3) is 4.31. The van der Waals surface area contributed by atoms with Crippen molar-refractivity contribution in [2.24, 2.45) is 5.92 Å². The van der Waals surface area contributed by atoms with E-state index in [-0.39, 0.29) is 17.7 Å². The molecule has 0 radical (unpaired) electrons. The van der Waals surface area contributed by atoms with Gasteiger partial charge >= 0.3 is 5.97 Å². The van der Waals surface area contributed by atoms with Crippen molar-refractivity contribution in [3.05, 3.63) is 59.9 Å². The lowest BCUT2D eigenvalue weighted by Crippen LogP contribution is -2.49. The van der Waals surface area contributed by atoms with Crippen molar-refractivity contribution in [3.63, 3.8) is 0 Å². The van der Waals surface area contributed by atoms with Crippen LogP contribution in [0.2, 0.25) is 0 Å². The summed E-state index contributed by atoms with van der Waals surface area (Å²) >= 11 is 0. The van der Waals surface area contributed by atoms with Gasteiger partial charge in [0.2, 0.25) is 0 Å². The van der Waals surface area contributed by atoms with E-state index in [0.29, 0.717) is 29.8 Å². The van der Waals surface area contributed by atoms with E-state index in [9.17, 15) is 19.5 Å². The quantitative estimate of drug-likeness (QED) is 0.865. The van der Waals surface area contributed by atoms with Crippen LogP contribution < -0.4 is 5.32 Å². The van der Waals surface area contributed by atoms with Gasteiger partial charge in [0, 0.05) is 30.2 Å². The second-order valence-corrected chi connectivity index (χ2v) is 6.76. The Labute approximate surface area is 157 Å². The molecule has 1 aliphatic heterocycles. The van der Waals surface area contributed by atoms with Gasteiger partial charge in [-0.15, -0.1) is 0 Å². The summed E-state index contributed by atoms with van der Waals surface area (Å²) in [7, 11) is 0. The molecule has 7 heteroatoms. The van der Waals surface area contributed by atoms with Crippen molar-refractivity contribution in [2.75, 3.05) is 11.9 Å². The molecule has 0 saturated carbocycles. The Kier molecular flexibility index (Phi) is 5.49. The lowest BCUT2D eigenvalue weighted by atomic mass is 9.92. The zero-order valence-corrected chi connectivity index (χ0v) is 15.0. The normalized spacial score (nSPS) is 19.4. The maximum Gasteiger partial charge on any atom is 0.326 e. The number of amides is 2. The number of carbonyl (C=O) groups excluding carboxylic acids is 2. The van der Waals surface area contributed by atoms with Gasteiger partial charge in [0.1, 0.15) is 6.04 Å². The van der Waals surface area contributed by atoms with Gasteiger partial charge in [0.15, 0.2) is 0 Å². The number of carboxylic acids is 1. The molecule has 1 aliphatic rings. The highest BCUT2D eigenvalue weighted by Gasteiger charge is 2.35. The van der Waals surface area contributed by atoms with E-state index in [1.165, 1.54) is 11.1 Å². The minimum atomic E-state index is -0.990. The largest absolute Gasteiger partial charge is 0.480 e. The van der Waals surface area contributed by atoms with Gasteiger partial charge in [-0.05, 0) is 49.1 Å². The van der Waals surface area contributed by atoms with Crippen molar-refractivity contribution in [1.29, 1.82) is 0 Å². The number of hydrogen-bond donors (Lipinski definition) is 2. The highest BCUT2D eigenvalue weighted by atomic mass is 16.4. The molecule has 1 aromatic heterocycles. The van der Waals surface area contributed by atoms with E-state index < -0.39 is 12.0 Å². The summed E-state index contributed by atoms with van der Waals surface area (Å²) in [5, 5.41) is 12.2. The van der Waals surface area contributed by atoms with E-state index in [4.69, 9.17) is 0 Å². The molecular formula is C20H21N3O4. The first kappa shape index (κ1) is 18.6. The number of likely N-dealkylation sites (tertiary alicyclic amines) is 1. The Balaban J connectivity index is 1.77. The molecule has 3 rings (SSSR count). The summed E-state index contributed by atoms with van der Waals surface area (Å²) < 4.78 is 0. The van der Waals surface area contributed by atoms with Crippen LogP contribution in [-0.2, 0) is 4.79 Å². The summed E-state index contributed by atoms with van der Waals surface area (Å²) in [4.78, 5) is 42.0. The molecule has 7 nitrogen and oxygen atoms in total. The SMILES string of the molecule is CC1CCN(C(=O)c2cccc(NC(=O)c3cccnc3)c2)C(C(=O)O)C1. The summed E-state index contributed by atoms with van der Waals surface area (Å²) in [5.41, 5.74) is 1.22. The van der Waals surface area contributed by atoms with E-state index in [2.05, 4.69) is 10.3 Å². The molecule has 1 aromatic carbocycles. The fraction of sp³-hybridized carbons (Fsp3) is 0.300. The summed E-state index contributed by atoms with van der Waals surface area (Å²) in [6, 6.07) is 9.01. The number of aliphatic carboxylic acids is 1. The fourth-order valence-corrected chi connectivity index (χ4v) is 3.21. The van der Waals surface area contributed by atoms with Crippen LogP contribution in [0, 0.1) is 5.92 Å². The van der Waals surface area contributed by atoms with Crippen molar-refractivity contribution in [3.8, 4) is 0 Å². The van der Waals surface area contributed by atoms with Gasteiger partial charge < -0.3 is 15.3 Å². The lowest BCUT2D eigenvalue weighted by Gasteiger charge is -2.36. The number of hydrogen-bond acceptors (Lipinski definition) is 4. The molecule has 1 fully saturated rings. The zero-order chi connectivity index (χ0) is 19.4. The van der Waals surface area contributed by atoms with Crippen LogP contribution in [0.25, 0.3) is 0 Å². The molecule has 140 valence electrons. The molecule has 0 aliphatic carbocycles. The van der Waals surface area contributed by atoms with Crippen LogP contribution in [0.5, 0.6) is 0 Å². The third-order valence-electron chi connectivity index (χ3n) is 4.70. The molecule has 27 heavy (non-hydrogen) atoms. The van der Waals surface area contributed by atoms with Crippen LogP contribution in [0.1, 0.15) is 40.5 Å². The molecule has 2 heterocycles. The number of carbonyl (C=O) groups is 3. The van der Waals surface area contributed by atoms with Gasteiger partial charge in [0.05, 0.1) is 5.56 Å². The maximum atomic E-state index is 12.9. The Morgan fingerprint density at radius 2 is 1.96 bits per heavy atom. The summed E-state index contributed by atoms with van der Waals surface area (Å²) in [6.07, 6.45) is 4.25.